The van der Waals surface area contributed by atoms with E-state index in [2.05, 4.69) is 40.7 Å². The molecule has 3 aromatic carbocycles. The third kappa shape index (κ3) is 7.25. The van der Waals surface area contributed by atoms with Crippen LogP contribution in [0.4, 0.5) is 10.5 Å². The van der Waals surface area contributed by atoms with Crippen LogP contribution in [-0.2, 0) is 22.3 Å². The Balaban J connectivity index is 1.69. The second kappa shape index (κ2) is 12.6. The molecule has 0 aliphatic heterocycles. The zero-order valence-electron chi connectivity index (χ0n) is 24.1. The van der Waals surface area contributed by atoms with Gasteiger partial charge in [0, 0.05) is 22.8 Å². The number of H-pyrrole nitrogens is 1. The number of nitriles is 1. The second-order valence-corrected chi connectivity index (χ2v) is 10.9. The van der Waals surface area contributed by atoms with Crippen molar-refractivity contribution in [2.75, 3.05) is 12.4 Å². The molecule has 0 spiro atoms. The molecule has 1 heterocycles. The summed E-state index contributed by atoms with van der Waals surface area (Å²) in [6.07, 6.45) is 2.47. The quantitative estimate of drug-likeness (QED) is 0.201. The van der Waals surface area contributed by atoms with Crippen LogP contribution in [0.1, 0.15) is 49.2 Å². The third-order valence-corrected chi connectivity index (χ3v) is 6.76. The van der Waals surface area contributed by atoms with Crippen LogP contribution in [-0.4, -0.2) is 41.8 Å². The van der Waals surface area contributed by atoms with Crippen molar-refractivity contribution in [3.05, 3.63) is 89.6 Å². The van der Waals surface area contributed by atoms with E-state index in [-0.39, 0.29) is 5.56 Å². The van der Waals surface area contributed by atoms with Crippen molar-refractivity contribution in [1.82, 2.24) is 10.3 Å². The highest BCUT2D eigenvalue weighted by atomic mass is 16.6. The summed E-state index contributed by atoms with van der Waals surface area (Å²) in [5, 5.41) is 17.4. The summed E-state index contributed by atoms with van der Waals surface area (Å²) >= 11 is 0. The Hall–Kier alpha value is -4.77. The number of aromatic nitrogens is 1. The molecule has 2 atom stereocenters. The highest BCUT2D eigenvalue weighted by Crippen LogP contribution is 2.28. The number of esters is 1. The maximum Gasteiger partial charge on any atom is 0.407 e. The lowest BCUT2D eigenvalue weighted by atomic mass is 9.97. The number of fused-ring (bicyclic) bond motifs is 1. The fourth-order valence-electron chi connectivity index (χ4n) is 4.74. The van der Waals surface area contributed by atoms with E-state index in [1.165, 1.54) is 12.7 Å². The number of amides is 1. The SMILES string of the molecule is CCc1cccc(-c2ccc(NC(C#N)C(Cc3c[nH]c4ccccc34)NC(=O)OC(C)(C)C)c(C(=O)OC)c2)c1. The van der Waals surface area contributed by atoms with Gasteiger partial charge in [-0.1, -0.05) is 55.5 Å². The van der Waals surface area contributed by atoms with Crippen LogP contribution >= 0.6 is 0 Å². The fourth-order valence-corrected chi connectivity index (χ4v) is 4.74. The highest BCUT2D eigenvalue weighted by Gasteiger charge is 2.28. The molecular formula is C33H36N4O4. The molecule has 0 saturated heterocycles. The summed E-state index contributed by atoms with van der Waals surface area (Å²) in [6, 6.07) is 22.1. The van der Waals surface area contributed by atoms with Gasteiger partial charge >= 0.3 is 12.1 Å². The van der Waals surface area contributed by atoms with E-state index in [0.29, 0.717) is 12.1 Å². The van der Waals surface area contributed by atoms with Crippen molar-refractivity contribution < 1.29 is 19.1 Å². The number of carbonyl (C=O) groups excluding carboxylic acids is 2. The van der Waals surface area contributed by atoms with E-state index in [9.17, 15) is 14.9 Å². The van der Waals surface area contributed by atoms with Crippen LogP contribution < -0.4 is 10.6 Å². The number of anilines is 1. The van der Waals surface area contributed by atoms with Crippen molar-refractivity contribution in [1.29, 1.82) is 5.26 Å². The van der Waals surface area contributed by atoms with Crippen LogP contribution in [0, 0.1) is 11.3 Å². The minimum absolute atomic E-state index is 0.287. The van der Waals surface area contributed by atoms with Gasteiger partial charge in [-0.2, -0.15) is 5.26 Å². The topological polar surface area (TPSA) is 116 Å². The first-order chi connectivity index (χ1) is 19.6. The molecule has 1 amide bonds. The van der Waals surface area contributed by atoms with E-state index in [1.54, 1.807) is 32.9 Å². The number of carbonyl (C=O) groups is 2. The molecule has 2 unspecified atom stereocenters. The van der Waals surface area contributed by atoms with Crippen molar-refractivity contribution in [2.24, 2.45) is 0 Å². The molecule has 212 valence electrons. The predicted molar refractivity (Wildman–Crippen MR) is 161 cm³/mol. The summed E-state index contributed by atoms with van der Waals surface area (Å²) < 4.78 is 10.6. The smallest absolute Gasteiger partial charge is 0.407 e. The number of ether oxygens (including phenoxy) is 2. The summed E-state index contributed by atoms with van der Waals surface area (Å²) in [7, 11) is 1.32. The Kier molecular flexibility index (Phi) is 8.98. The number of para-hydroxylation sites is 1. The lowest BCUT2D eigenvalue weighted by Gasteiger charge is -2.27. The van der Waals surface area contributed by atoms with E-state index in [4.69, 9.17) is 9.47 Å². The molecule has 4 rings (SSSR count). The Bertz CT molecular complexity index is 1580. The molecule has 0 fully saturated rings. The van der Waals surface area contributed by atoms with Gasteiger partial charge in [0.05, 0.1) is 24.8 Å². The Labute approximate surface area is 240 Å². The number of nitrogens with one attached hydrogen (secondary N) is 3. The van der Waals surface area contributed by atoms with Crippen LogP contribution in [0.5, 0.6) is 0 Å². The summed E-state index contributed by atoms with van der Waals surface area (Å²) in [4.78, 5) is 29.0. The number of alkyl carbamates (subject to hydrolysis) is 1. The molecule has 1 aromatic heterocycles. The lowest BCUT2D eigenvalue weighted by molar-refractivity contribution is 0.0501. The first kappa shape index (κ1) is 29.2. The Morgan fingerprint density at radius 1 is 1.02 bits per heavy atom. The zero-order valence-corrected chi connectivity index (χ0v) is 24.1. The highest BCUT2D eigenvalue weighted by molar-refractivity contribution is 5.97. The summed E-state index contributed by atoms with van der Waals surface area (Å²) in [5.74, 6) is -0.536. The summed E-state index contributed by atoms with van der Waals surface area (Å²) in [6.45, 7) is 7.43. The maximum absolute atomic E-state index is 12.9. The van der Waals surface area contributed by atoms with Gasteiger partial charge in [-0.05, 0) is 74.1 Å². The number of aromatic amines is 1. The third-order valence-electron chi connectivity index (χ3n) is 6.76. The number of nitrogens with zero attached hydrogens (tertiary/aromatic N) is 1. The predicted octanol–water partition coefficient (Wildman–Crippen LogP) is 6.62. The van der Waals surface area contributed by atoms with Crippen LogP contribution in [0.3, 0.4) is 0 Å². The number of methoxy groups -OCH3 is 1. The molecule has 0 saturated carbocycles. The van der Waals surface area contributed by atoms with Crippen LogP contribution in [0.25, 0.3) is 22.0 Å². The van der Waals surface area contributed by atoms with Gasteiger partial charge in [0.2, 0.25) is 0 Å². The first-order valence-electron chi connectivity index (χ1n) is 13.6. The van der Waals surface area contributed by atoms with Gasteiger partial charge in [0.25, 0.3) is 0 Å². The standard InChI is InChI=1S/C33H36N4O4/c1-6-21-10-9-11-22(16-21)23-14-15-28(26(17-23)31(38)40-5)36-30(19-34)29(37-32(39)41-33(2,3)4)18-24-20-35-27-13-8-7-12-25(24)27/h7-17,20,29-30,35-36H,6,18H2,1-5H3,(H,37,39). The van der Waals surface area contributed by atoms with Crippen molar-refractivity contribution >= 4 is 28.7 Å². The molecule has 0 radical (unpaired) electrons. The van der Waals surface area contributed by atoms with Gasteiger partial charge < -0.3 is 25.1 Å². The van der Waals surface area contributed by atoms with Crippen molar-refractivity contribution in [2.45, 2.75) is 58.2 Å². The van der Waals surface area contributed by atoms with Crippen LogP contribution in [0.2, 0.25) is 0 Å². The van der Waals surface area contributed by atoms with Gasteiger partial charge in [0.15, 0.2) is 0 Å². The average Bonchev–Trinajstić information content (AvgIpc) is 3.37. The van der Waals surface area contributed by atoms with Crippen LogP contribution in [0.15, 0.2) is 72.9 Å². The van der Waals surface area contributed by atoms with Gasteiger partial charge in [-0.15, -0.1) is 0 Å². The molecule has 0 aliphatic rings. The number of benzene rings is 3. The number of hydrogen-bond acceptors (Lipinski definition) is 6. The van der Waals surface area contributed by atoms with Gasteiger partial charge in [-0.3, -0.25) is 0 Å². The Morgan fingerprint density at radius 2 is 1.78 bits per heavy atom. The van der Waals surface area contributed by atoms with E-state index in [1.807, 2.05) is 48.7 Å². The van der Waals surface area contributed by atoms with E-state index < -0.39 is 29.7 Å². The summed E-state index contributed by atoms with van der Waals surface area (Å²) in [5.41, 5.74) is 4.89. The maximum atomic E-state index is 12.9. The minimum atomic E-state index is -0.908. The Morgan fingerprint density at radius 3 is 2.49 bits per heavy atom. The average molecular weight is 553 g/mol. The van der Waals surface area contributed by atoms with E-state index >= 15 is 0 Å². The first-order valence-corrected chi connectivity index (χ1v) is 13.6. The van der Waals surface area contributed by atoms with Gasteiger partial charge in [0.1, 0.15) is 11.6 Å². The number of aryl methyl sites for hydroxylation is 1. The van der Waals surface area contributed by atoms with E-state index in [0.717, 1.165) is 34.0 Å². The zero-order chi connectivity index (χ0) is 29.6. The monoisotopic (exact) mass is 552 g/mol. The molecule has 4 aromatic rings. The molecule has 3 N–H and O–H groups in total. The molecule has 8 heteroatoms. The van der Waals surface area contributed by atoms with Crippen molar-refractivity contribution in [3.63, 3.8) is 0 Å². The van der Waals surface area contributed by atoms with Crippen molar-refractivity contribution in [3.8, 4) is 17.2 Å². The normalized spacial score (nSPS) is 12.7. The lowest BCUT2D eigenvalue weighted by Crippen LogP contribution is -2.49. The second-order valence-electron chi connectivity index (χ2n) is 10.9. The molecule has 8 nitrogen and oxygen atoms in total. The molecular weight excluding hydrogens is 516 g/mol. The fraction of sp³-hybridized carbons (Fsp3) is 0.303. The minimum Gasteiger partial charge on any atom is -0.465 e. The van der Waals surface area contributed by atoms with Gasteiger partial charge in [-0.25, -0.2) is 9.59 Å². The molecule has 0 aliphatic carbocycles. The largest absolute Gasteiger partial charge is 0.465 e. The number of hydrogen-bond donors (Lipinski definition) is 3. The number of rotatable bonds is 9. The molecule has 0 bridgehead atoms. The molecule has 41 heavy (non-hydrogen) atoms.